The van der Waals surface area contributed by atoms with Crippen LogP contribution in [0.2, 0.25) is 0 Å². The Labute approximate surface area is 477 Å². The monoisotopic (exact) mass is 1060 g/mol. The molecule has 0 saturated carbocycles. The number of rotatable bonds is 64. The largest absolute Gasteiger partial charge is 0.394 e. The van der Waals surface area contributed by atoms with Crippen LogP contribution in [0.3, 0.4) is 0 Å². The second-order valence-corrected chi connectivity index (χ2v) is 23.6. The van der Waals surface area contributed by atoms with E-state index in [0.717, 1.165) is 44.9 Å². The third kappa shape index (κ3) is 62.9. The number of hydrogen-bond donors (Lipinski definition) is 3. The Morgan fingerprint density at radius 1 is 0.316 bits per heavy atom. The molecule has 1 amide bonds. The average molecular weight is 1060 g/mol. The molecule has 0 aliphatic rings. The van der Waals surface area contributed by atoms with E-state index in [1.165, 1.54) is 308 Å². The first kappa shape index (κ1) is 74.1. The normalized spacial score (nSPS) is 13.1. The minimum absolute atomic E-state index is 0.0672. The highest BCUT2D eigenvalue weighted by Gasteiger charge is 2.18. The van der Waals surface area contributed by atoms with Crippen LogP contribution in [-0.4, -0.2) is 34.9 Å². The zero-order valence-corrected chi connectivity index (χ0v) is 51.5. The molecule has 0 heterocycles. The van der Waals surface area contributed by atoms with E-state index in [-0.39, 0.29) is 12.5 Å². The number of hydrogen-bond acceptors (Lipinski definition) is 3. The van der Waals surface area contributed by atoms with Crippen molar-refractivity contribution in [3.8, 4) is 0 Å². The molecule has 76 heavy (non-hydrogen) atoms. The SMILES string of the molecule is CCCCCCC/C=C\C/C=C\C/C=C\CCCCCCCCCCCCCCCCCCCCCCCCCCC(=O)NC(CO)C(O)/C=C/CC/C=C/CCCCCCCCCCCCCCCCCCCCC. The van der Waals surface area contributed by atoms with E-state index in [4.69, 9.17) is 0 Å². The number of allylic oxidation sites excluding steroid dienone is 9. The average Bonchev–Trinajstić information content (AvgIpc) is 3.42. The Balaban J connectivity index is 3.44. The first-order valence-electron chi connectivity index (χ1n) is 34.5. The number of carbonyl (C=O) groups excluding carboxylic acids is 1. The molecule has 0 aliphatic carbocycles. The van der Waals surface area contributed by atoms with E-state index in [2.05, 4.69) is 67.8 Å². The predicted octanol–water partition coefficient (Wildman–Crippen LogP) is 23.5. The van der Waals surface area contributed by atoms with Crippen molar-refractivity contribution in [1.82, 2.24) is 5.32 Å². The fourth-order valence-electron chi connectivity index (χ4n) is 10.7. The molecule has 4 nitrogen and oxygen atoms in total. The molecule has 0 rings (SSSR count). The van der Waals surface area contributed by atoms with Crippen molar-refractivity contribution in [3.63, 3.8) is 0 Å². The molecule has 0 fully saturated rings. The molecule has 0 spiro atoms. The third-order valence-corrected chi connectivity index (χ3v) is 16.0. The standard InChI is InChI=1S/C72H135NO3/c1-3-5-7-9-11-13-15-17-19-21-23-25-27-29-30-31-32-33-34-35-36-37-38-39-40-41-42-44-46-48-50-52-54-56-58-60-62-64-66-68-72(76)73-70(69-74)71(75)67-65-63-61-59-57-55-53-51-49-47-45-43-28-26-24-22-20-18-16-14-12-10-8-6-4-2/h15,17,21,23,27,29,57,59,65,67,70-71,74-75H,3-14,16,18-20,22,24-26,28,30-56,58,60-64,66,68-69H2,1-2H3,(H,73,76)/b17-15-,23-21-,29-27-,59-57+,67-65+. The first-order valence-corrected chi connectivity index (χ1v) is 34.5. The summed E-state index contributed by atoms with van der Waals surface area (Å²) in [7, 11) is 0. The van der Waals surface area contributed by atoms with Crippen molar-refractivity contribution in [3.05, 3.63) is 60.8 Å². The lowest BCUT2D eigenvalue weighted by molar-refractivity contribution is -0.123. The van der Waals surface area contributed by atoms with Gasteiger partial charge in [-0.1, -0.05) is 357 Å². The predicted molar refractivity (Wildman–Crippen MR) is 341 cm³/mol. The van der Waals surface area contributed by atoms with Gasteiger partial charge in [0.1, 0.15) is 0 Å². The quantitative estimate of drug-likeness (QED) is 0.0420. The first-order chi connectivity index (χ1) is 37.7. The fourth-order valence-corrected chi connectivity index (χ4v) is 10.7. The van der Waals surface area contributed by atoms with Crippen molar-refractivity contribution < 1.29 is 15.0 Å². The molecule has 4 heteroatoms. The lowest BCUT2D eigenvalue weighted by atomic mass is 10.0. The molecule has 0 aliphatic heterocycles. The summed E-state index contributed by atoms with van der Waals surface area (Å²) in [6, 6.07) is -0.640. The number of aliphatic hydroxyl groups is 2. The molecule has 0 saturated heterocycles. The molecule has 446 valence electrons. The van der Waals surface area contributed by atoms with Crippen molar-refractivity contribution in [2.45, 2.75) is 386 Å². The molecular formula is C72H135NO3. The Kier molecular flexibility index (Phi) is 65.7. The number of unbranched alkanes of at least 4 members (excludes halogenated alkanes) is 49. The Hall–Kier alpha value is -1.91. The maximum Gasteiger partial charge on any atom is 0.220 e. The third-order valence-electron chi connectivity index (χ3n) is 16.0. The number of aliphatic hydroxyl groups excluding tert-OH is 2. The lowest BCUT2D eigenvalue weighted by Crippen LogP contribution is -2.45. The lowest BCUT2D eigenvalue weighted by Gasteiger charge is -2.19. The second kappa shape index (κ2) is 67.4. The molecule has 0 aromatic carbocycles. The van der Waals surface area contributed by atoms with Crippen LogP contribution in [0.15, 0.2) is 60.8 Å². The van der Waals surface area contributed by atoms with Gasteiger partial charge in [0.05, 0.1) is 18.8 Å². The molecule has 0 aromatic heterocycles. The zero-order valence-electron chi connectivity index (χ0n) is 51.5. The van der Waals surface area contributed by atoms with Crippen molar-refractivity contribution in [2.24, 2.45) is 0 Å². The number of amides is 1. The molecule has 0 bridgehead atoms. The summed E-state index contributed by atoms with van der Waals surface area (Å²) >= 11 is 0. The topological polar surface area (TPSA) is 69.6 Å². The molecular weight excluding hydrogens is 927 g/mol. The van der Waals surface area contributed by atoms with Gasteiger partial charge >= 0.3 is 0 Å². The molecule has 0 aromatic rings. The van der Waals surface area contributed by atoms with E-state index in [1.807, 2.05) is 6.08 Å². The van der Waals surface area contributed by atoms with Gasteiger partial charge in [-0.25, -0.2) is 0 Å². The van der Waals surface area contributed by atoms with E-state index < -0.39 is 12.1 Å². The van der Waals surface area contributed by atoms with E-state index >= 15 is 0 Å². The van der Waals surface area contributed by atoms with Crippen LogP contribution >= 0.6 is 0 Å². The summed E-state index contributed by atoms with van der Waals surface area (Å²) in [6.45, 7) is 4.32. The van der Waals surface area contributed by atoms with E-state index in [9.17, 15) is 15.0 Å². The summed E-state index contributed by atoms with van der Waals surface area (Å²) in [5, 5.41) is 23.2. The summed E-state index contributed by atoms with van der Waals surface area (Å²) in [5.74, 6) is -0.0672. The van der Waals surface area contributed by atoms with Crippen molar-refractivity contribution in [1.29, 1.82) is 0 Å². The van der Waals surface area contributed by atoms with Gasteiger partial charge in [-0.2, -0.15) is 0 Å². The smallest absolute Gasteiger partial charge is 0.220 e. The van der Waals surface area contributed by atoms with E-state index in [0.29, 0.717) is 6.42 Å². The highest BCUT2D eigenvalue weighted by atomic mass is 16.3. The van der Waals surface area contributed by atoms with Gasteiger partial charge in [-0.3, -0.25) is 4.79 Å². The highest BCUT2D eigenvalue weighted by Crippen LogP contribution is 2.18. The molecule has 2 unspecified atom stereocenters. The van der Waals surface area contributed by atoms with Crippen molar-refractivity contribution in [2.75, 3.05) is 6.61 Å². The second-order valence-electron chi connectivity index (χ2n) is 23.6. The van der Waals surface area contributed by atoms with Crippen LogP contribution in [-0.2, 0) is 4.79 Å². The van der Waals surface area contributed by atoms with Crippen LogP contribution in [0.25, 0.3) is 0 Å². The maximum atomic E-state index is 12.5. The minimum atomic E-state index is -0.864. The van der Waals surface area contributed by atoms with Gasteiger partial charge in [0.2, 0.25) is 5.91 Å². The van der Waals surface area contributed by atoms with Gasteiger partial charge in [0.25, 0.3) is 0 Å². The Bertz CT molecular complexity index is 1250. The van der Waals surface area contributed by atoms with E-state index in [1.54, 1.807) is 6.08 Å². The Morgan fingerprint density at radius 2 is 0.553 bits per heavy atom. The summed E-state index contributed by atoms with van der Waals surface area (Å²) in [4.78, 5) is 12.5. The van der Waals surface area contributed by atoms with Crippen LogP contribution in [0.1, 0.15) is 373 Å². The van der Waals surface area contributed by atoms with Crippen LogP contribution in [0, 0.1) is 0 Å². The molecule has 3 N–H and O–H groups in total. The summed E-state index contributed by atoms with van der Waals surface area (Å²) in [6.07, 6.45) is 95.9. The maximum absolute atomic E-state index is 12.5. The summed E-state index contributed by atoms with van der Waals surface area (Å²) in [5.41, 5.74) is 0. The highest BCUT2D eigenvalue weighted by molar-refractivity contribution is 5.76. The summed E-state index contributed by atoms with van der Waals surface area (Å²) < 4.78 is 0. The molecule has 0 radical (unpaired) electrons. The van der Waals surface area contributed by atoms with Gasteiger partial charge in [-0.05, 0) is 70.6 Å². The van der Waals surface area contributed by atoms with Gasteiger partial charge in [0.15, 0.2) is 0 Å². The Morgan fingerprint density at radius 3 is 0.855 bits per heavy atom. The fraction of sp³-hybridized carbons (Fsp3) is 0.847. The van der Waals surface area contributed by atoms with Gasteiger partial charge in [-0.15, -0.1) is 0 Å². The molecule has 2 atom stereocenters. The van der Waals surface area contributed by atoms with Crippen LogP contribution in [0.5, 0.6) is 0 Å². The minimum Gasteiger partial charge on any atom is -0.394 e. The van der Waals surface area contributed by atoms with Crippen LogP contribution in [0.4, 0.5) is 0 Å². The van der Waals surface area contributed by atoms with Crippen LogP contribution < -0.4 is 5.32 Å². The van der Waals surface area contributed by atoms with Gasteiger partial charge < -0.3 is 15.5 Å². The van der Waals surface area contributed by atoms with Gasteiger partial charge in [0, 0.05) is 6.42 Å². The number of nitrogens with one attached hydrogen (secondary N) is 1. The number of carbonyl (C=O) groups is 1. The zero-order chi connectivity index (χ0) is 54.8. The van der Waals surface area contributed by atoms with Crippen molar-refractivity contribution >= 4 is 5.91 Å².